The molecule has 132 valence electrons. The number of benzene rings is 1. The van der Waals surface area contributed by atoms with E-state index in [1.165, 1.54) is 4.90 Å². The van der Waals surface area contributed by atoms with Gasteiger partial charge in [-0.15, -0.1) is 11.8 Å². The molecule has 2 aliphatic rings. The minimum absolute atomic E-state index is 0.322. The summed E-state index contributed by atoms with van der Waals surface area (Å²) in [6.45, 7) is 1.34. The highest BCUT2D eigenvalue weighted by atomic mass is 32.2. The molecule has 1 fully saturated rings. The van der Waals surface area contributed by atoms with Crippen LogP contribution in [0.1, 0.15) is 11.5 Å². The Balaban J connectivity index is 1.63. The number of halogens is 3. The topological polar surface area (TPSA) is 44.4 Å². The van der Waals surface area contributed by atoms with E-state index < -0.39 is 18.8 Å². The molecule has 2 atom stereocenters. The fourth-order valence-electron chi connectivity index (χ4n) is 3.15. The van der Waals surface area contributed by atoms with Gasteiger partial charge in [0, 0.05) is 43.4 Å². The van der Waals surface area contributed by atoms with Gasteiger partial charge < -0.3 is 10.6 Å². The predicted molar refractivity (Wildman–Crippen MR) is 87.2 cm³/mol. The lowest BCUT2D eigenvalue weighted by molar-refractivity contribution is -0.184. The monoisotopic (exact) mass is 359 g/mol. The summed E-state index contributed by atoms with van der Waals surface area (Å²) in [7, 11) is 0. The first kappa shape index (κ1) is 17.6. The summed E-state index contributed by atoms with van der Waals surface area (Å²) in [6, 6.07) is 5.93. The van der Waals surface area contributed by atoms with Gasteiger partial charge in [-0.1, -0.05) is 18.2 Å². The van der Waals surface area contributed by atoms with E-state index in [1.54, 1.807) is 11.8 Å². The number of thioether (sulfide) groups is 1. The van der Waals surface area contributed by atoms with Gasteiger partial charge in [0.25, 0.3) is 0 Å². The quantitative estimate of drug-likeness (QED) is 0.861. The van der Waals surface area contributed by atoms with Crippen molar-refractivity contribution in [2.75, 3.05) is 38.5 Å². The van der Waals surface area contributed by atoms with Crippen LogP contribution in [0, 0.1) is 0 Å². The zero-order chi connectivity index (χ0) is 17.2. The Bertz CT molecular complexity index is 590. The third kappa shape index (κ3) is 3.87. The molecule has 1 amide bonds. The van der Waals surface area contributed by atoms with Crippen LogP contribution in [-0.4, -0.2) is 61.5 Å². The van der Waals surface area contributed by atoms with Gasteiger partial charge in [-0.3, -0.25) is 9.69 Å². The molecule has 2 N–H and O–H groups in total. The second-order valence-electron chi connectivity index (χ2n) is 5.99. The van der Waals surface area contributed by atoms with Crippen molar-refractivity contribution in [3.05, 3.63) is 29.8 Å². The Hall–Kier alpha value is -1.25. The maximum Gasteiger partial charge on any atom is 0.405 e. The first-order valence-corrected chi connectivity index (χ1v) is 8.96. The Morgan fingerprint density at radius 1 is 1.33 bits per heavy atom. The summed E-state index contributed by atoms with van der Waals surface area (Å²) in [5, 5.41) is 5.58. The molecule has 1 aromatic carbocycles. The van der Waals surface area contributed by atoms with Gasteiger partial charge in [-0.25, -0.2) is 0 Å². The molecule has 0 spiro atoms. The van der Waals surface area contributed by atoms with Gasteiger partial charge in [-0.05, 0) is 11.6 Å². The fraction of sp³-hybridized carbons (Fsp3) is 0.562. The molecule has 1 aromatic rings. The summed E-state index contributed by atoms with van der Waals surface area (Å²) in [5.74, 6) is -0.116. The number of carbonyl (C=O) groups excluding carboxylic acids is 1. The van der Waals surface area contributed by atoms with Gasteiger partial charge in [0.15, 0.2) is 0 Å². The lowest BCUT2D eigenvalue weighted by atomic mass is 10.0. The van der Waals surface area contributed by atoms with Crippen LogP contribution in [0.5, 0.6) is 0 Å². The minimum atomic E-state index is -4.35. The molecule has 0 aromatic heterocycles. The lowest BCUT2D eigenvalue weighted by Crippen LogP contribution is -2.57. The average Bonchev–Trinajstić information content (AvgIpc) is 2.99. The van der Waals surface area contributed by atoms with Gasteiger partial charge in [0.2, 0.25) is 5.91 Å². The van der Waals surface area contributed by atoms with Crippen molar-refractivity contribution in [1.29, 1.82) is 0 Å². The van der Waals surface area contributed by atoms with E-state index in [0.29, 0.717) is 31.9 Å². The number of amides is 1. The van der Waals surface area contributed by atoms with Crippen LogP contribution < -0.4 is 10.6 Å². The zero-order valence-corrected chi connectivity index (χ0v) is 13.9. The van der Waals surface area contributed by atoms with Crippen molar-refractivity contribution in [2.45, 2.75) is 23.0 Å². The molecule has 24 heavy (non-hydrogen) atoms. The lowest BCUT2D eigenvalue weighted by Gasteiger charge is -2.36. The molecule has 0 saturated carbocycles. The third-order valence-electron chi connectivity index (χ3n) is 4.46. The number of hydrogen-bond donors (Lipinski definition) is 2. The summed E-state index contributed by atoms with van der Waals surface area (Å²) in [4.78, 5) is 14.8. The maximum atomic E-state index is 13.4. The van der Waals surface area contributed by atoms with Crippen LogP contribution in [0.4, 0.5) is 13.2 Å². The smallest absolute Gasteiger partial charge is 0.354 e. The van der Waals surface area contributed by atoms with Crippen LogP contribution >= 0.6 is 11.8 Å². The van der Waals surface area contributed by atoms with Gasteiger partial charge >= 0.3 is 6.18 Å². The summed E-state index contributed by atoms with van der Waals surface area (Å²) >= 11 is 1.57. The number of fused-ring (bicyclic) bond motifs is 1. The number of alkyl halides is 3. The van der Waals surface area contributed by atoms with Crippen LogP contribution in [0.2, 0.25) is 0 Å². The van der Waals surface area contributed by atoms with Crippen molar-refractivity contribution < 1.29 is 18.0 Å². The van der Waals surface area contributed by atoms with Crippen LogP contribution in [0.25, 0.3) is 0 Å². The van der Waals surface area contributed by atoms with E-state index >= 15 is 0 Å². The van der Waals surface area contributed by atoms with E-state index in [4.69, 9.17) is 0 Å². The Morgan fingerprint density at radius 2 is 2.04 bits per heavy atom. The van der Waals surface area contributed by atoms with E-state index in [1.807, 2.05) is 24.3 Å². The molecule has 4 nitrogen and oxygen atoms in total. The SMILES string of the molecule is O=C(NCC(N1CCNCC1)C(F)(F)F)C1CSc2ccccc21. The number of piperazine rings is 1. The molecule has 0 radical (unpaired) electrons. The summed E-state index contributed by atoms with van der Waals surface area (Å²) < 4.78 is 40.1. The number of nitrogens with one attached hydrogen (secondary N) is 2. The maximum absolute atomic E-state index is 13.4. The highest BCUT2D eigenvalue weighted by Gasteiger charge is 2.44. The van der Waals surface area contributed by atoms with E-state index in [9.17, 15) is 18.0 Å². The molecule has 0 aliphatic carbocycles. The Morgan fingerprint density at radius 3 is 2.75 bits per heavy atom. The van der Waals surface area contributed by atoms with Crippen molar-refractivity contribution >= 4 is 17.7 Å². The van der Waals surface area contributed by atoms with Crippen molar-refractivity contribution in [1.82, 2.24) is 15.5 Å². The predicted octanol–water partition coefficient (Wildman–Crippen LogP) is 1.83. The van der Waals surface area contributed by atoms with Gasteiger partial charge in [0.1, 0.15) is 6.04 Å². The summed E-state index contributed by atoms with van der Waals surface area (Å²) in [6.07, 6.45) is -4.35. The van der Waals surface area contributed by atoms with Gasteiger partial charge in [0.05, 0.1) is 5.92 Å². The summed E-state index contributed by atoms with van der Waals surface area (Å²) in [5.41, 5.74) is 0.908. The molecular formula is C16H20F3N3OS. The molecule has 3 rings (SSSR count). The molecule has 2 aliphatic heterocycles. The minimum Gasteiger partial charge on any atom is -0.354 e. The van der Waals surface area contributed by atoms with E-state index in [-0.39, 0.29) is 11.8 Å². The number of hydrogen-bond acceptors (Lipinski definition) is 4. The normalized spacial score (nSPS) is 22.9. The second-order valence-corrected chi connectivity index (χ2v) is 7.05. The zero-order valence-electron chi connectivity index (χ0n) is 13.1. The first-order valence-electron chi connectivity index (χ1n) is 7.98. The number of nitrogens with zero attached hydrogens (tertiary/aromatic N) is 1. The van der Waals surface area contributed by atoms with Crippen molar-refractivity contribution in [3.63, 3.8) is 0 Å². The first-order chi connectivity index (χ1) is 11.5. The van der Waals surface area contributed by atoms with Crippen LogP contribution in [-0.2, 0) is 4.79 Å². The van der Waals surface area contributed by atoms with Crippen LogP contribution in [0.15, 0.2) is 29.2 Å². The molecule has 2 heterocycles. The third-order valence-corrected chi connectivity index (χ3v) is 5.64. The number of carbonyl (C=O) groups is 1. The Labute approximate surface area is 143 Å². The molecule has 0 bridgehead atoms. The second kappa shape index (κ2) is 7.33. The Kier molecular flexibility index (Phi) is 5.36. The average molecular weight is 359 g/mol. The molecule has 1 saturated heterocycles. The van der Waals surface area contributed by atoms with Crippen molar-refractivity contribution in [3.8, 4) is 0 Å². The number of rotatable bonds is 4. The highest BCUT2D eigenvalue weighted by molar-refractivity contribution is 7.99. The highest BCUT2D eigenvalue weighted by Crippen LogP contribution is 2.39. The van der Waals surface area contributed by atoms with Crippen LogP contribution in [0.3, 0.4) is 0 Å². The standard InChI is InChI=1S/C16H20F3N3OS/c17-16(18,19)14(22-7-5-20-6-8-22)9-21-15(23)12-10-24-13-4-2-1-3-11(12)13/h1-4,12,14,20H,5-10H2,(H,21,23). The molecule has 8 heteroatoms. The van der Waals surface area contributed by atoms with Crippen molar-refractivity contribution in [2.24, 2.45) is 0 Å². The molecular weight excluding hydrogens is 339 g/mol. The largest absolute Gasteiger partial charge is 0.405 e. The van der Waals surface area contributed by atoms with Gasteiger partial charge in [-0.2, -0.15) is 13.2 Å². The fourth-order valence-corrected chi connectivity index (χ4v) is 4.37. The van der Waals surface area contributed by atoms with E-state index in [2.05, 4.69) is 10.6 Å². The molecule has 2 unspecified atom stereocenters. The van der Waals surface area contributed by atoms with E-state index in [0.717, 1.165) is 10.5 Å².